The Morgan fingerprint density at radius 3 is 2.57 bits per heavy atom. The van der Waals surface area contributed by atoms with Crippen molar-refractivity contribution in [3.63, 3.8) is 0 Å². The van der Waals surface area contributed by atoms with Crippen molar-refractivity contribution >= 4 is 39.1 Å². The summed E-state index contributed by atoms with van der Waals surface area (Å²) in [6.45, 7) is 3.84. The molecule has 0 bridgehead atoms. The molecule has 154 valence electrons. The van der Waals surface area contributed by atoms with Gasteiger partial charge in [0.1, 0.15) is 21.5 Å². The first-order chi connectivity index (χ1) is 13.0. The minimum absolute atomic E-state index is 0.0173. The Morgan fingerprint density at radius 1 is 1.29 bits per heavy atom. The second kappa shape index (κ2) is 9.13. The Morgan fingerprint density at radius 2 is 1.96 bits per heavy atom. The average Bonchev–Trinajstić information content (AvgIpc) is 2.60. The fourth-order valence-corrected chi connectivity index (χ4v) is 3.31. The topological polar surface area (TPSA) is 109 Å². The Hall–Kier alpha value is -1.81. The van der Waals surface area contributed by atoms with Crippen molar-refractivity contribution in [1.82, 2.24) is 4.98 Å². The SMILES string of the molecule is CC(C)c1cc(Oc2c(Cl)c(F)nc(NCCCS(=O)(=O)O)c2Cl)ccc1O. The molecule has 0 spiro atoms. The summed E-state index contributed by atoms with van der Waals surface area (Å²) >= 11 is 12.2. The zero-order valence-corrected chi connectivity index (χ0v) is 17.4. The highest BCUT2D eigenvalue weighted by Crippen LogP contribution is 2.42. The molecule has 0 radical (unpaired) electrons. The lowest BCUT2D eigenvalue weighted by Gasteiger charge is -2.15. The first kappa shape index (κ1) is 22.5. The summed E-state index contributed by atoms with van der Waals surface area (Å²) in [5.41, 5.74) is 0.628. The van der Waals surface area contributed by atoms with Gasteiger partial charge >= 0.3 is 0 Å². The molecule has 1 aromatic carbocycles. The van der Waals surface area contributed by atoms with Crippen LogP contribution in [-0.2, 0) is 10.1 Å². The summed E-state index contributed by atoms with van der Waals surface area (Å²) in [6.07, 6.45) is 0.0486. The molecule has 0 saturated heterocycles. The molecule has 0 aliphatic carbocycles. The van der Waals surface area contributed by atoms with Gasteiger partial charge in [0.25, 0.3) is 10.1 Å². The second-order valence-electron chi connectivity index (χ2n) is 6.25. The highest BCUT2D eigenvalue weighted by atomic mass is 35.5. The Bertz CT molecular complexity index is 971. The molecule has 0 aliphatic rings. The summed E-state index contributed by atoms with van der Waals surface area (Å²) < 4.78 is 49.9. The predicted octanol–water partition coefficient (Wildman–Crippen LogP) is 4.84. The molecule has 0 amide bonds. The summed E-state index contributed by atoms with van der Waals surface area (Å²) in [5, 5.41) is 12.1. The molecule has 1 aromatic heterocycles. The summed E-state index contributed by atoms with van der Waals surface area (Å²) in [4.78, 5) is 3.59. The Balaban J connectivity index is 2.27. The van der Waals surface area contributed by atoms with Gasteiger partial charge in [0, 0.05) is 12.1 Å². The molecule has 7 nitrogen and oxygen atoms in total. The highest BCUT2D eigenvalue weighted by molar-refractivity contribution is 7.85. The second-order valence-corrected chi connectivity index (χ2v) is 8.58. The maximum absolute atomic E-state index is 14.1. The Labute approximate surface area is 172 Å². The fraction of sp³-hybridized carbons (Fsp3) is 0.353. The van der Waals surface area contributed by atoms with E-state index in [0.29, 0.717) is 5.56 Å². The molecule has 0 unspecified atom stereocenters. The third-order valence-electron chi connectivity index (χ3n) is 3.71. The molecule has 0 saturated carbocycles. The van der Waals surface area contributed by atoms with Crippen molar-refractivity contribution in [3.05, 3.63) is 39.8 Å². The molecule has 0 aliphatic heterocycles. The lowest BCUT2D eigenvalue weighted by atomic mass is 10.0. The van der Waals surface area contributed by atoms with Crippen molar-refractivity contribution in [1.29, 1.82) is 0 Å². The van der Waals surface area contributed by atoms with E-state index in [1.54, 1.807) is 6.07 Å². The number of rotatable bonds is 8. The van der Waals surface area contributed by atoms with Gasteiger partial charge in [-0.25, -0.2) is 0 Å². The van der Waals surface area contributed by atoms with Crippen molar-refractivity contribution in [3.8, 4) is 17.2 Å². The normalized spacial score (nSPS) is 11.7. The van der Waals surface area contributed by atoms with Crippen LogP contribution in [0.2, 0.25) is 10.0 Å². The molecule has 11 heteroatoms. The molecular weight excluding hydrogens is 434 g/mol. The number of hydrogen-bond donors (Lipinski definition) is 3. The number of hydrogen-bond acceptors (Lipinski definition) is 6. The van der Waals surface area contributed by atoms with Crippen LogP contribution in [0, 0.1) is 5.95 Å². The molecule has 28 heavy (non-hydrogen) atoms. The smallest absolute Gasteiger partial charge is 0.264 e. The van der Waals surface area contributed by atoms with Crippen molar-refractivity contribution in [2.75, 3.05) is 17.6 Å². The summed E-state index contributed by atoms with van der Waals surface area (Å²) in [5.74, 6) is -1.35. The largest absolute Gasteiger partial charge is 0.508 e. The Kier molecular flexibility index (Phi) is 7.33. The van der Waals surface area contributed by atoms with Crippen LogP contribution in [-0.4, -0.2) is 35.4 Å². The number of aromatic hydroxyl groups is 1. The first-order valence-corrected chi connectivity index (χ1v) is 10.6. The lowest BCUT2D eigenvalue weighted by molar-refractivity contribution is 0.452. The summed E-state index contributed by atoms with van der Waals surface area (Å²) in [7, 11) is -4.10. The summed E-state index contributed by atoms with van der Waals surface area (Å²) in [6, 6.07) is 4.51. The van der Waals surface area contributed by atoms with Gasteiger partial charge in [-0.05, 0) is 30.5 Å². The van der Waals surface area contributed by atoms with Gasteiger partial charge in [-0.1, -0.05) is 37.0 Å². The van der Waals surface area contributed by atoms with Crippen LogP contribution in [0.4, 0.5) is 10.2 Å². The van der Waals surface area contributed by atoms with Gasteiger partial charge in [-0.2, -0.15) is 17.8 Å². The van der Waals surface area contributed by atoms with E-state index >= 15 is 0 Å². The van der Waals surface area contributed by atoms with E-state index in [4.69, 9.17) is 32.5 Å². The van der Waals surface area contributed by atoms with Crippen LogP contribution in [0.15, 0.2) is 18.2 Å². The van der Waals surface area contributed by atoms with E-state index in [0.717, 1.165) is 0 Å². The number of halogens is 3. The molecule has 0 atom stereocenters. The molecule has 2 rings (SSSR count). The number of pyridine rings is 1. The lowest BCUT2D eigenvalue weighted by Crippen LogP contribution is -2.11. The number of benzene rings is 1. The highest BCUT2D eigenvalue weighted by Gasteiger charge is 2.20. The fourth-order valence-electron chi connectivity index (χ4n) is 2.34. The van der Waals surface area contributed by atoms with E-state index in [-0.39, 0.29) is 47.0 Å². The predicted molar refractivity (Wildman–Crippen MR) is 106 cm³/mol. The zero-order valence-electron chi connectivity index (χ0n) is 15.0. The third-order valence-corrected chi connectivity index (χ3v) is 5.19. The van der Waals surface area contributed by atoms with Crippen molar-refractivity contribution in [2.45, 2.75) is 26.2 Å². The molecule has 1 heterocycles. The minimum atomic E-state index is -4.10. The molecule has 0 fully saturated rings. The quantitative estimate of drug-likeness (QED) is 0.298. The van der Waals surface area contributed by atoms with Gasteiger partial charge < -0.3 is 15.2 Å². The van der Waals surface area contributed by atoms with Crippen molar-refractivity contribution < 1.29 is 27.2 Å². The molecular formula is C17H19Cl2FN2O5S. The molecule has 3 N–H and O–H groups in total. The van der Waals surface area contributed by atoms with Crippen LogP contribution in [0.1, 0.15) is 31.7 Å². The van der Waals surface area contributed by atoms with Gasteiger partial charge in [0.05, 0.1) is 5.75 Å². The van der Waals surface area contributed by atoms with Crippen molar-refractivity contribution in [2.24, 2.45) is 0 Å². The van der Waals surface area contributed by atoms with E-state index in [9.17, 15) is 17.9 Å². The van der Waals surface area contributed by atoms with E-state index < -0.39 is 26.8 Å². The van der Waals surface area contributed by atoms with Crippen LogP contribution in [0.3, 0.4) is 0 Å². The number of nitrogens with zero attached hydrogens (tertiary/aromatic N) is 1. The number of nitrogens with one attached hydrogen (secondary N) is 1. The van der Waals surface area contributed by atoms with Crippen LogP contribution >= 0.6 is 23.2 Å². The maximum atomic E-state index is 14.1. The minimum Gasteiger partial charge on any atom is -0.508 e. The van der Waals surface area contributed by atoms with Crippen LogP contribution < -0.4 is 10.1 Å². The monoisotopic (exact) mass is 452 g/mol. The van der Waals surface area contributed by atoms with Gasteiger partial charge in [-0.15, -0.1) is 0 Å². The van der Waals surface area contributed by atoms with E-state index in [2.05, 4.69) is 10.3 Å². The first-order valence-electron chi connectivity index (χ1n) is 8.24. The van der Waals surface area contributed by atoms with E-state index in [1.807, 2.05) is 13.8 Å². The number of aromatic nitrogens is 1. The standard InChI is InChI=1S/C17H19Cl2FN2O5S/c1-9(2)11-8-10(4-5-12(11)23)27-15-13(18)16(20)22-17(14(15)19)21-6-3-7-28(24,25)26/h4-5,8-9,23H,3,6-7H2,1-2H3,(H,21,22)(H,24,25,26). The average molecular weight is 453 g/mol. The van der Waals surface area contributed by atoms with Gasteiger partial charge in [0.15, 0.2) is 11.6 Å². The van der Waals surface area contributed by atoms with Gasteiger partial charge in [-0.3, -0.25) is 4.55 Å². The van der Waals surface area contributed by atoms with E-state index in [1.165, 1.54) is 12.1 Å². The number of ether oxygens (including phenoxy) is 1. The van der Waals surface area contributed by atoms with Crippen LogP contribution in [0.5, 0.6) is 17.2 Å². The zero-order chi connectivity index (χ0) is 21.1. The molecule has 2 aromatic rings. The number of phenols is 1. The number of anilines is 1. The van der Waals surface area contributed by atoms with Gasteiger partial charge in [0.2, 0.25) is 5.95 Å². The number of phenolic OH excluding ortho intramolecular Hbond substituents is 1. The maximum Gasteiger partial charge on any atom is 0.264 e. The third kappa shape index (κ3) is 5.84. The van der Waals surface area contributed by atoms with Crippen LogP contribution in [0.25, 0.3) is 0 Å².